The number of nitriles is 1. The van der Waals surface area contributed by atoms with Gasteiger partial charge in [-0.05, 0) is 0 Å². The molecule has 0 radical (unpaired) electrons. The predicted molar refractivity (Wildman–Crippen MR) is 49.0 cm³/mol. The van der Waals surface area contributed by atoms with Crippen molar-refractivity contribution in [3.63, 3.8) is 0 Å². The second-order valence-corrected chi connectivity index (χ2v) is 3.27. The van der Waals surface area contributed by atoms with Crippen molar-refractivity contribution in [3.05, 3.63) is 40.3 Å². The molecule has 0 fully saturated rings. The maximum absolute atomic E-state index is 11.5. The zero-order chi connectivity index (χ0) is 10.3. The van der Waals surface area contributed by atoms with Gasteiger partial charge in [0.05, 0.1) is 11.6 Å². The molecule has 0 saturated carbocycles. The van der Waals surface area contributed by atoms with Crippen LogP contribution in [-0.4, -0.2) is 11.6 Å². The van der Waals surface area contributed by atoms with E-state index in [0.29, 0.717) is 5.02 Å². The zero-order valence-electron chi connectivity index (χ0n) is 7.87. The number of Topliss-reactive ketones (excluding diaryl/α,β-unsaturated/α-hetero) is 2. The zero-order valence-corrected chi connectivity index (χ0v) is 10.6. The third kappa shape index (κ3) is 1.82. The Hall–Kier alpha value is -0.790. The second kappa shape index (κ2) is 4.38. The van der Waals surface area contributed by atoms with Crippen molar-refractivity contribution in [1.82, 2.24) is 0 Å². The Morgan fingerprint density at radius 3 is 2.40 bits per heavy atom. The molecular weight excluding hydrogens is 225 g/mol. The van der Waals surface area contributed by atoms with E-state index < -0.39 is 11.6 Å². The van der Waals surface area contributed by atoms with Gasteiger partial charge in [0.1, 0.15) is 0 Å². The Bertz CT molecular complexity index is 493. The molecule has 1 aliphatic rings. The van der Waals surface area contributed by atoms with Gasteiger partial charge in [-0.15, -0.1) is 17.2 Å². The molecule has 1 aromatic rings. The number of carbonyl (C=O) groups excluding carboxylic acids is 2. The maximum atomic E-state index is 11.5. The van der Waals surface area contributed by atoms with Gasteiger partial charge >= 0.3 is 29.6 Å². The molecule has 0 aliphatic heterocycles. The van der Waals surface area contributed by atoms with E-state index in [4.69, 9.17) is 16.9 Å². The summed E-state index contributed by atoms with van der Waals surface area (Å²) in [4.78, 5) is 22.9. The summed E-state index contributed by atoms with van der Waals surface area (Å²) in [6, 6.07) is 5.99. The minimum absolute atomic E-state index is 0. The molecule has 0 saturated heterocycles. The summed E-state index contributed by atoms with van der Waals surface area (Å²) in [5, 5.41) is 8.97. The average molecular weight is 228 g/mol. The van der Waals surface area contributed by atoms with Gasteiger partial charge in [0.25, 0.3) is 0 Å². The number of benzene rings is 1. The van der Waals surface area contributed by atoms with Crippen LogP contribution in [0.1, 0.15) is 20.7 Å². The first kappa shape index (κ1) is 12.3. The minimum Gasteiger partial charge on any atom is -0.318 e. The number of halogens is 1. The van der Waals surface area contributed by atoms with E-state index in [9.17, 15) is 9.59 Å². The molecule has 2 rings (SSSR count). The molecule has 0 amide bonds. The van der Waals surface area contributed by atoms with E-state index in [1.165, 1.54) is 18.2 Å². The molecule has 3 nitrogen and oxygen atoms in total. The van der Waals surface area contributed by atoms with Crippen molar-refractivity contribution in [1.29, 1.82) is 5.26 Å². The van der Waals surface area contributed by atoms with Crippen molar-refractivity contribution in [2.24, 2.45) is 0 Å². The Kier molecular flexibility index (Phi) is 3.58. The van der Waals surface area contributed by atoms with Gasteiger partial charge in [0.2, 0.25) is 0 Å². The summed E-state index contributed by atoms with van der Waals surface area (Å²) in [7, 11) is 0. The van der Waals surface area contributed by atoms with E-state index in [2.05, 4.69) is 0 Å². The molecule has 5 heteroatoms. The molecule has 15 heavy (non-hydrogen) atoms. The summed E-state index contributed by atoms with van der Waals surface area (Å²) in [5.41, 5.74) is 0.481. The van der Waals surface area contributed by atoms with Crippen LogP contribution >= 0.6 is 11.6 Å². The first-order chi connectivity index (χ1) is 6.65. The van der Waals surface area contributed by atoms with Crippen LogP contribution in [0.4, 0.5) is 0 Å². The van der Waals surface area contributed by atoms with Crippen molar-refractivity contribution in [2.75, 3.05) is 0 Å². The Morgan fingerprint density at radius 1 is 1.20 bits per heavy atom. The normalized spacial score (nSPS) is 13.2. The van der Waals surface area contributed by atoms with Crippen LogP contribution < -0.4 is 29.6 Å². The van der Waals surface area contributed by atoms with E-state index in [-0.39, 0.29) is 46.6 Å². The van der Waals surface area contributed by atoms with Crippen molar-refractivity contribution in [2.45, 2.75) is 0 Å². The van der Waals surface area contributed by atoms with E-state index >= 15 is 0 Å². The van der Waals surface area contributed by atoms with Gasteiger partial charge in [-0.2, -0.15) is 0 Å². The number of carbonyl (C=O) groups is 2. The van der Waals surface area contributed by atoms with Gasteiger partial charge in [0.15, 0.2) is 0 Å². The summed E-state index contributed by atoms with van der Waals surface area (Å²) >= 11 is 5.67. The van der Waals surface area contributed by atoms with E-state index in [0.717, 1.165) is 0 Å². The molecule has 0 heterocycles. The van der Waals surface area contributed by atoms with Crippen LogP contribution in [-0.2, 0) is 0 Å². The van der Waals surface area contributed by atoms with Gasteiger partial charge in [-0.25, -0.2) is 5.26 Å². The fourth-order valence-electron chi connectivity index (χ4n) is 1.38. The Labute approximate surface area is 113 Å². The van der Waals surface area contributed by atoms with Crippen molar-refractivity contribution >= 4 is 23.2 Å². The summed E-state index contributed by atoms with van der Waals surface area (Å²) in [6.45, 7) is 0. The van der Waals surface area contributed by atoms with E-state index in [1.54, 1.807) is 6.07 Å². The van der Waals surface area contributed by atoms with Gasteiger partial charge in [0, 0.05) is 17.0 Å². The molecule has 0 unspecified atom stereocenters. The Balaban J connectivity index is 0.00000112. The second-order valence-electron chi connectivity index (χ2n) is 2.83. The van der Waals surface area contributed by atoms with Crippen LogP contribution in [0.2, 0.25) is 5.02 Å². The molecule has 1 aromatic carbocycles. The SMILES string of the molecule is N#C[C-]1C(=O)c2ccc(Cl)cc2C1=O.[Na+]. The van der Waals surface area contributed by atoms with Gasteiger partial charge in [-0.3, -0.25) is 0 Å². The molecule has 1 aliphatic carbocycles. The number of nitrogens with zero attached hydrogens (tertiary/aromatic N) is 1. The molecule has 0 bridgehead atoms. The Morgan fingerprint density at radius 2 is 1.80 bits per heavy atom. The van der Waals surface area contributed by atoms with Crippen LogP contribution in [0, 0.1) is 17.2 Å². The third-order valence-corrected chi connectivity index (χ3v) is 2.27. The van der Waals surface area contributed by atoms with E-state index in [1.807, 2.05) is 0 Å². The largest absolute Gasteiger partial charge is 1.00 e. The predicted octanol–water partition coefficient (Wildman–Crippen LogP) is -1.18. The van der Waals surface area contributed by atoms with Crippen LogP contribution in [0.5, 0.6) is 0 Å². The van der Waals surface area contributed by atoms with Crippen molar-refractivity contribution < 1.29 is 39.1 Å². The standard InChI is InChI=1S/C10H3ClNO2.Na/c11-5-1-2-6-7(3-5)10(14)8(4-12)9(6)13;/h1-3H;/q-1;+1. The number of fused-ring (bicyclic) bond motifs is 1. The maximum Gasteiger partial charge on any atom is 1.00 e. The van der Waals surface area contributed by atoms with Crippen LogP contribution in [0.25, 0.3) is 0 Å². The molecular formula is C10H3ClNNaO2. The smallest absolute Gasteiger partial charge is 0.318 e. The summed E-state index contributed by atoms with van der Waals surface area (Å²) in [6.07, 6.45) is 0. The van der Waals surface area contributed by atoms with Gasteiger partial charge in [-0.1, -0.05) is 23.7 Å². The minimum atomic E-state index is -0.532. The average Bonchev–Trinajstić information content (AvgIpc) is 2.39. The number of hydrogen-bond acceptors (Lipinski definition) is 3. The summed E-state index contributed by atoms with van der Waals surface area (Å²) < 4.78 is 0. The van der Waals surface area contributed by atoms with Crippen LogP contribution in [0.3, 0.4) is 0 Å². The summed E-state index contributed by atoms with van der Waals surface area (Å²) in [5.74, 6) is -1.37. The fraction of sp³-hybridized carbons (Fsp3) is 0. The first-order valence-electron chi connectivity index (χ1n) is 3.81. The van der Waals surface area contributed by atoms with Crippen molar-refractivity contribution in [3.8, 4) is 6.07 Å². The van der Waals surface area contributed by atoms with Gasteiger partial charge < -0.3 is 9.59 Å². The number of rotatable bonds is 0. The first-order valence-corrected chi connectivity index (χ1v) is 4.19. The molecule has 0 spiro atoms. The quantitative estimate of drug-likeness (QED) is 0.414. The molecule has 0 aromatic heterocycles. The molecule has 0 N–H and O–H groups in total. The third-order valence-electron chi connectivity index (χ3n) is 2.04. The molecule has 68 valence electrons. The van der Waals surface area contributed by atoms with Crippen LogP contribution in [0.15, 0.2) is 18.2 Å². The molecule has 0 atom stereocenters. The fourth-order valence-corrected chi connectivity index (χ4v) is 1.55. The number of ketones is 2. The number of hydrogen-bond donors (Lipinski definition) is 0. The monoisotopic (exact) mass is 227 g/mol. The topological polar surface area (TPSA) is 57.9 Å².